The molecule has 0 aliphatic rings. The highest BCUT2D eigenvalue weighted by atomic mass is 16.5. The SMILES string of the molecule is BCCOCCOCC. The third kappa shape index (κ3) is 7.98. The van der Waals surface area contributed by atoms with Crippen LogP contribution in [0.4, 0.5) is 0 Å². The summed E-state index contributed by atoms with van der Waals surface area (Å²) in [4.78, 5) is 0. The van der Waals surface area contributed by atoms with E-state index in [1.165, 1.54) is 0 Å². The molecule has 0 atom stereocenters. The third-order valence-electron chi connectivity index (χ3n) is 0.925. The second-order valence-electron chi connectivity index (χ2n) is 1.81. The van der Waals surface area contributed by atoms with Crippen LogP contribution in [0.1, 0.15) is 6.92 Å². The lowest BCUT2D eigenvalue weighted by Gasteiger charge is -2.00. The van der Waals surface area contributed by atoms with Crippen molar-refractivity contribution in [1.29, 1.82) is 0 Å². The molecule has 0 unspecified atom stereocenters. The van der Waals surface area contributed by atoms with Crippen molar-refractivity contribution in [3.8, 4) is 0 Å². The maximum atomic E-state index is 5.16. The second kappa shape index (κ2) is 7.98. The lowest BCUT2D eigenvalue weighted by molar-refractivity contribution is 0.0585. The van der Waals surface area contributed by atoms with Crippen molar-refractivity contribution >= 4 is 7.85 Å². The molecule has 0 spiro atoms. The summed E-state index contributed by atoms with van der Waals surface area (Å²) in [5.41, 5.74) is 0. The molecule has 0 saturated carbocycles. The van der Waals surface area contributed by atoms with Crippen molar-refractivity contribution in [2.45, 2.75) is 13.2 Å². The average Bonchev–Trinajstić information content (AvgIpc) is 1.89. The number of hydrogen-bond donors (Lipinski definition) is 0. The van der Waals surface area contributed by atoms with Gasteiger partial charge in [0, 0.05) is 13.2 Å². The topological polar surface area (TPSA) is 18.5 Å². The minimum absolute atomic E-state index is 0.733. The Hall–Kier alpha value is -0.0151. The van der Waals surface area contributed by atoms with Crippen LogP contribution >= 0.6 is 0 Å². The number of hydrogen-bond acceptors (Lipinski definition) is 2. The molecular formula is C6H15BO2. The van der Waals surface area contributed by atoms with E-state index < -0.39 is 0 Å². The zero-order valence-electron chi connectivity index (χ0n) is 6.35. The third-order valence-corrected chi connectivity index (χ3v) is 0.925. The second-order valence-corrected chi connectivity index (χ2v) is 1.81. The summed E-state index contributed by atoms with van der Waals surface area (Å²) in [5, 5.41) is 0. The molecule has 0 aromatic rings. The molecule has 0 aliphatic heterocycles. The van der Waals surface area contributed by atoms with E-state index in [1.54, 1.807) is 0 Å². The summed E-state index contributed by atoms with van der Waals surface area (Å²) >= 11 is 0. The van der Waals surface area contributed by atoms with E-state index in [-0.39, 0.29) is 0 Å². The highest BCUT2D eigenvalue weighted by Crippen LogP contribution is 1.79. The van der Waals surface area contributed by atoms with Crippen molar-refractivity contribution in [3.63, 3.8) is 0 Å². The summed E-state index contributed by atoms with van der Waals surface area (Å²) in [6.07, 6.45) is 1.09. The van der Waals surface area contributed by atoms with E-state index in [2.05, 4.69) is 7.85 Å². The van der Waals surface area contributed by atoms with Crippen molar-refractivity contribution in [3.05, 3.63) is 0 Å². The first-order valence-electron chi connectivity index (χ1n) is 3.57. The van der Waals surface area contributed by atoms with Gasteiger partial charge in [-0.2, -0.15) is 0 Å². The first-order chi connectivity index (χ1) is 4.41. The van der Waals surface area contributed by atoms with Gasteiger partial charge < -0.3 is 9.47 Å². The van der Waals surface area contributed by atoms with Gasteiger partial charge in [0.2, 0.25) is 0 Å². The van der Waals surface area contributed by atoms with E-state index in [0.717, 1.165) is 32.7 Å². The summed E-state index contributed by atoms with van der Waals surface area (Å²) < 4.78 is 10.2. The zero-order chi connectivity index (χ0) is 6.95. The van der Waals surface area contributed by atoms with Gasteiger partial charge in [-0.25, -0.2) is 0 Å². The van der Waals surface area contributed by atoms with Gasteiger partial charge in [0.15, 0.2) is 0 Å². The van der Waals surface area contributed by atoms with Crippen molar-refractivity contribution in [2.75, 3.05) is 26.4 Å². The zero-order valence-corrected chi connectivity index (χ0v) is 6.35. The summed E-state index contributed by atoms with van der Waals surface area (Å²) in [7, 11) is 2.10. The lowest BCUT2D eigenvalue weighted by atomic mass is 10.1. The fourth-order valence-corrected chi connectivity index (χ4v) is 0.509. The fourth-order valence-electron chi connectivity index (χ4n) is 0.509. The average molecular weight is 130 g/mol. The van der Waals surface area contributed by atoms with Gasteiger partial charge in [-0.1, -0.05) is 6.32 Å². The normalized spacial score (nSPS) is 9.89. The number of ether oxygens (including phenoxy) is 2. The molecule has 0 aliphatic carbocycles. The van der Waals surface area contributed by atoms with Gasteiger partial charge in [0.1, 0.15) is 7.85 Å². The fraction of sp³-hybridized carbons (Fsp3) is 1.00. The predicted molar refractivity (Wildman–Crippen MR) is 40.7 cm³/mol. The van der Waals surface area contributed by atoms with Crippen LogP contribution < -0.4 is 0 Å². The van der Waals surface area contributed by atoms with E-state index in [9.17, 15) is 0 Å². The molecule has 0 amide bonds. The minimum atomic E-state index is 0.733. The molecule has 0 fully saturated rings. The first-order valence-corrected chi connectivity index (χ1v) is 3.57. The maximum Gasteiger partial charge on any atom is 0.104 e. The van der Waals surface area contributed by atoms with E-state index in [1.807, 2.05) is 6.92 Å². The maximum absolute atomic E-state index is 5.16. The van der Waals surface area contributed by atoms with Crippen molar-refractivity contribution in [2.24, 2.45) is 0 Å². The van der Waals surface area contributed by atoms with E-state index in [4.69, 9.17) is 9.47 Å². The molecule has 0 N–H and O–H groups in total. The Labute approximate surface area is 57.9 Å². The van der Waals surface area contributed by atoms with Crippen molar-refractivity contribution in [1.82, 2.24) is 0 Å². The number of rotatable bonds is 6. The smallest absolute Gasteiger partial charge is 0.104 e. The molecule has 2 nitrogen and oxygen atoms in total. The van der Waals surface area contributed by atoms with Crippen LogP contribution in [0.25, 0.3) is 0 Å². The first kappa shape index (κ1) is 8.98. The highest BCUT2D eigenvalue weighted by molar-refractivity contribution is 6.08. The Morgan fingerprint density at radius 3 is 2.33 bits per heavy atom. The van der Waals surface area contributed by atoms with E-state index >= 15 is 0 Å². The van der Waals surface area contributed by atoms with E-state index in [0.29, 0.717) is 0 Å². The summed E-state index contributed by atoms with van der Waals surface area (Å²) in [6.45, 7) is 5.10. The molecule has 0 radical (unpaired) electrons. The Kier molecular flexibility index (Phi) is 7.97. The molecule has 0 saturated heterocycles. The molecule has 0 aromatic heterocycles. The lowest BCUT2D eigenvalue weighted by Crippen LogP contribution is -2.04. The van der Waals surface area contributed by atoms with Crippen LogP contribution in [-0.2, 0) is 9.47 Å². The Bertz CT molecular complexity index is 44.3. The van der Waals surface area contributed by atoms with Crippen LogP contribution in [0, 0.1) is 0 Å². The van der Waals surface area contributed by atoms with Crippen molar-refractivity contribution < 1.29 is 9.47 Å². The van der Waals surface area contributed by atoms with Gasteiger partial charge in [-0.05, 0) is 6.92 Å². The summed E-state index contributed by atoms with van der Waals surface area (Å²) in [5.74, 6) is 0. The molecular weight excluding hydrogens is 115 g/mol. The minimum Gasteiger partial charge on any atom is -0.380 e. The molecule has 54 valence electrons. The molecule has 0 aromatic carbocycles. The van der Waals surface area contributed by atoms with Gasteiger partial charge in [0.25, 0.3) is 0 Å². The van der Waals surface area contributed by atoms with Gasteiger partial charge in [-0.3, -0.25) is 0 Å². The standard InChI is InChI=1S/C6H15BO2/c1-2-8-5-6-9-4-3-7/h2-7H2,1H3. The Morgan fingerprint density at radius 1 is 1.11 bits per heavy atom. The largest absolute Gasteiger partial charge is 0.380 e. The van der Waals surface area contributed by atoms with Crippen LogP contribution in [-0.4, -0.2) is 34.3 Å². The van der Waals surface area contributed by atoms with Gasteiger partial charge >= 0.3 is 0 Å². The van der Waals surface area contributed by atoms with Crippen LogP contribution in [0.5, 0.6) is 0 Å². The van der Waals surface area contributed by atoms with Crippen LogP contribution in [0.2, 0.25) is 6.32 Å². The van der Waals surface area contributed by atoms with Crippen LogP contribution in [0.3, 0.4) is 0 Å². The Balaban J connectivity index is 2.60. The molecule has 0 bridgehead atoms. The van der Waals surface area contributed by atoms with Crippen LogP contribution in [0.15, 0.2) is 0 Å². The quantitative estimate of drug-likeness (QED) is 0.374. The predicted octanol–water partition coefficient (Wildman–Crippen LogP) is 0.0909. The molecule has 0 rings (SSSR count). The Morgan fingerprint density at radius 2 is 1.78 bits per heavy atom. The molecule has 0 heterocycles. The molecule has 3 heteroatoms. The summed E-state index contributed by atoms with van der Waals surface area (Å²) in [6, 6.07) is 0. The van der Waals surface area contributed by atoms with Gasteiger partial charge in [-0.15, -0.1) is 0 Å². The highest BCUT2D eigenvalue weighted by Gasteiger charge is 1.84. The molecule has 9 heavy (non-hydrogen) atoms. The monoisotopic (exact) mass is 130 g/mol. The van der Waals surface area contributed by atoms with Gasteiger partial charge in [0.05, 0.1) is 13.2 Å².